The summed E-state index contributed by atoms with van der Waals surface area (Å²) in [6.45, 7) is 7.98. The quantitative estimate of drug-likeness (QED) is 0.604. The second kappa shape index (κ2) is 3.80. The average molecular weight is 248 g/mol. The van der Waals surface area contributed by atoms with E-state index in [1.54, 1.807) is 0 Å². The van der Waals surface area contributed by atoms with E-state index >= 15 is 0 Å². The van der Waals surface area contributed by atoms with Gasteiger partial charge in [0.05, 0.1) is 0 Å². The molecule has 0 heterocycles. The molecule has 0 nitrogen and oxygen atoms in total. The summed E-state index contributed by atoms with van der Waals surface area (Å²) in [5.41, 5.74) is 2.27. The Morgan fingerprint density at radius 3 is 2.83 bits per heavy atom. The van der Waals surface area contributed by atoms with E-state index in [9.17, 15) is 0 Å². The molecule has 66 valence electrons. The third kappa shape index (κ3) is 2.02. The molecule has 0 aromatic carbocycles. The Hall–Kier alpha value is -0.0100. The SMILES string of the molecule is C=C(C)C1CC(Br)=CC(C)=C1Cl. The van der Waals surface area contributed by atoms with Crippen molar-refractivity contribution < 1.29 is 0 Å². The van der Waals surface area contributed by atoms with Crippen LogP contribution in [-0.4, -0.2) is 0 Å². The Kier molecular flexibility index (Phi) is 3.19. The fraction of sp³-hybridized carbons (Fsp3) is 0.400. The number of hydrogen-bond acceptors (Lipinski definition) is 0. The van der Waals surface area contributed by atoms with Gasteiger partial charge in [0, 0.05) is 11.0 Å². The molecule has 0 saturated carbocycles. The molecule has 1 unspecified atom stereocenters. The molecule has 0 aliphatic heterocycles. The van der Waals surface area contributed by atoms with E-state index in [1.165, 1.54) is 4.48 Å². The number of allylic oxidation sites excluding steroid dienone is 5. The molecule has 1 aliphatic carbocycles. The molecule has 0 fully saturated rings. The van der Waals surface area contributed by atoms with Crippen LogP contribution in [0.15, 0.2) is 33.3 Å². The number of rotatable bonds is 1. The monoisotopic (exact) mass is 246 g/mol. The van der Waals surface area contributed by atoms with Crippen molar-refractivity contribution in [2.75, 3.05) is 0 Å². The molecule has 0 spiro atoms. The van der Waals surface area contributed by atoms with Crippen LogP contribution in [-0.2, 0) is 0 Å². The molecule has 1 aliphatic rings. The molecule has 0 amide bonds. The lowest BCUT2D eigenvalue weighted by molar-refractivity contribution is 0.741. The van der Waals surface area contributed by atoms with Gasteiger partial charge in [0.15, 0.2) is 0 Å². The molecule has 0 saturated heterocycles. The van der Waals surface area contributed by atoms with Gasteiger partial charge in [0.25, 0.3) is 0 Å². The van der Waals surface area contributed by atoms with Crippen LogP contribution < -0.4 is 0 Å². The Morgan fingerprint density at radius 2 is 2.33 bits per heavy atom. The Morgan fingerprint density at radius 1 is 1.75 bits per heavy atom. The molecule has 1 rings (SSSR count). The molecule has 0 aromatic heterocycles. The van der Waals surface area contributed by atoms with Crippen LogP contribution in [0.5, 0.6) is 0 Å². The Labute approximate surface area is 87.1 Å². The summed E-state index contributed by atoms with van der Waals surface area (Å²) in [5, 5.41) is 0.936. The minimum atomic E-state index is 0.311. The van der Waals surface area contributed by atoms with Crippen LogP contribution in [0.3, 0.4) is 0 Å². The summed E-state index contributed by atoms with van der Waals surface area (Å²) in [7, 11) is 0. The predicted octanol–water partition coefficient (Wildman–Crippen LogP) is 4.37. The lowest BCUT2D eigenvalue weighted by atomic mass is 9.91. The van der Waals surface area contributed by atoms with E-state index in [0.29, 0.717) is 5.92 Å². The largest absolute Gasteiger partial charge is 0.0995 e. The molecule has 0 N–H and O–H groups in total. The Balaban J connectivity index is 2.98. The van der Waals surface area contributed by atoms with Gasteiger partial charge in [-0.2, -0.15) is 0 Å². The van der Waals surface area contributed by atoms with Gasteiger partial charge in [-0.05, 0) is 36.4 Å². The zero-order valence-corrected chi connectivity index (χ0v) is 9.67. The van der Waals surface area contributed by atoms with Crippen molar-refractivity contribution in [1.29, 1.82) is 0 Å². The maximum Gasteiger partial charge on any atom is 0.0285 e. The van der Waals surface area contributed by atoms with Gasteiger partial charge in [-0.25, -0.2) is 0 Å². The number of hydrogen-bond donors (Lipinski definition) is 0. The summed E-state index contributed by atoms with van der Waals surface area (Å²) in [5.74, 6) is 0.311. The van der Waals surface area contributed by atoms with Crippen LogP contribution in [0.4, 0.5) is 0 Å². The van der Waals surface area contributed by atoms with Gasteiger partial charge in [-0.3, -0.25) is 0 Å². The normalized spacial score (nSPS) is 24.0. The minimum absolute atomic E-state index is 0.311. The molecule has 12 heavy (non-hydrogen) atoms. The standard InChI is InChI=1S/C10H12BrCl/c1-6(2)9-5-8(11)4-7(3)10(9)12/h4,9H,1,5H2,2-3H3. The van der Waals surface area contributed by atoms with Crippen molar-refractivity contribution in [2.24, 2.45) is 5.92 Å². The van der Waals surface area contributed by atoms with Crippen molar-refractivity contribution in [3.05, 3.63) is 33.3 Å². The van der Waals surface area contributed by atoms with E-state index in [2.05, 4.69) is 28.6 Å². The molecule has 2 heteroatoms. The van der Waals surface area contributed by atoms with E-state index in [0.717, 1.165) is 22.6 Å². The fourth-order valence-electron chi connectivity index (χ4n) is 1.31. The minimum Gasteiger partial charge on any atom is -0.0995 e. The van der Waals surface area contributed by atoms with Crippen molar-refractivity contribution in [1.82, 2.24) is 0 Å². The van der Waals surface area contributed by atoms with Crippen molar-refractivity contribution in [3.63, 3.8) is 0 Å². The van der Waals surface area contributed by atoms with E-state index in [1.807, 2.05) is 13.8 Å². The van der Waals surface area contributed by atoms with Gasteiger partial charge < -0.3 is 0 Å². The highest BCUT2D eigenvalue weighted by molar-refractivity contribution is 9.11. The lowest BCUT2D eigenvalue weighted by Gasteiger charge is -2.21. The molecular weight excluding hydrogens is 235 g/mol. The van der Waals surface area contributed by atoms with Crippen LogP contribution in [0.25, 0.3) is 0 Å². The molecule has 0 bridgehead atoms. The molecular formula is C10H12BrCl. The summed E-state index contributed by atoms with van der Waals surface area (Å²) in [4.78, 5) is 0. The van der Waals surface area contributed by atoms with Crippen LogP contribution in [0, 0.1) is 5.92 Å². The van der Waals surface area contributed by atoms with Gasteiger partial charge in [0.1, 0.15) is 0 Å². The van der Waals surface area contributed by atoms with Crippen LogP contribution in [0.1, 0.15) is 20.3 Å². The first-order chi connectivity index (χ1) is 5.52. The van der Waals surface area contributed by atoms with Gasteiger partial charge in [-0.15, -0.1) is 0 Å². The first kappa shape index (κ1) is 10.1. The van der Waals surface area contributed by atoms with Gasteiger partial charge in [0.2, 0.25) is 0 Å². The smallest absolute Gasteiger partial charge is 0.0285 e. The highest BCUT2D eigenvalue weighted by Gasteiger charge is 2.20. The first-order valence-electron chi connectivity index (χ1n) is 3.90. The average Bonchev–Trinajstić information content (AvgIpc) is 1.96. The second-order valence-electron chi connectivity index (χ2n) is 3.23. The zero-order valence-electron chi connectivity index (χ0n) is 7.32. The highest BCUT2D eigenvalue weighted by Crippen LogP contribution is 2.37. The maximum absolute atomic E-state index is 6.15. The highest BCUT2D eigenvalue weighted by atomic mass is 79.9. The van der Waals surface area contributed by atoms with E-state index in [4.69, 9.17) is 11.6 Å². The van der Waals surface area contributed by atoms with Crippen molar-refractivity contribution >= 4 is 27.5 Å². The molecule has 0 radical (unpaired) electrons. The van der Waals surface area contributed by atoms with Crippen LogP contribution >= 0.6 is 27.5 Å². The van der Waals surface area contributed by atoms with Gasteiger partial charge in [-0.1, -0.05) is 39.7 Å². The summed E-state index contributed by atoms with van der Waals surface area (Å²) < 4.78 is 1.21. The van der Waals surface area contributed by atoms with Crippen molar-refractivity contribution in [2.45, 2.75) is 20.3 Å². The maximum atomic E-state index is 6.15. The predicted molar refractivity (Wildman–Crippen MR) is 58.5 cm³/mol. The number of halogens is 2. The fourth-order valence-corrected chi connectivity index (χ4v) is 2.30. The van der Waals surface area contributed by atoms with E-state index < -0.39 is 0 Å². The Bertz CT molecular complexity index is 274. The molecule has 0 aromatic rings. The zero-order chi connectivity index (χ0) is 9.30. The second-order valence-corrected chi connectivity index (χ2v) is 4.65. The first-order valence-corrected chi connectivity index (χ1v) is 5.07. The summed E-state index contributed by atoms with van der Waals surface area (Å²) in [6.07, 6.45) is 3.02. The lowest BCUT2D eigenvalue weighted by Crippen LogP contribution is -2.07. The topological polar surface area (TPSA) is 0 Å². The van der Waals surface area contributed by atoms with Crippen LogP contribution in [0.2, 0.25) is 0 Å². The molecule has 1 atom stereocenters. The summed E-state index contributed by atoms with van der Waals surface area (Å²) in [6, 6.07) is 0. The van der Waals surface area contributed by atoms with E-state index in [-0.39, 0.29) is 0 Å². The summed E-state index contributed by atoms with van der Waals surface area (Å²) >= 11 is 9.64. The van der Waals surface area contributed by atoms with Crippen molar-refractivity contribution in [3.8, 4) is 0 Å². The third-order valence-corrected chi connectivity index (χ3v) is 3.16. The van der Waals surface area contributed by atoms with Gasteiger partial charge >= 0.3 is 0 Å². The third-order valence-electron chi connectivity index (χ3n) is 2.05.